The molecule has 0 saturated carbocycles. The van der Waals surface area contributed by atoms with Crippen LogP contribution in [0.15, 0.2) is 60.7 Å². The number of hydrogen-bond donors (Lipinski definition) is 0. The molecule has 90 valence electrons. The normalized spacial score (nSPS) is 10.3. The third kappa shape index (κ3) is 1.98. The molecule has 0 saturated heterocycles. The highest BCUT2D eigenvalue weighted by molar-refractivity contribution is 6.00. The summed E-state index contributed by atoms with van der Waals surface area (Å²) in [5.74, 6) is 0. The second-order valence-corrected chi connectivity index (χ2v) is 4.69. The molecule has 3 aromatic carbocycles. The SMILES string of the molecule is Cc1ccc(-c2cccc3cccc(C#N)c23)cc1. The van der Waals surface area contributed by atoms with Crippen LogP contribution in [0.1, 0.15) is 11.1 Å². The first kappa shape index (κ1) is 11.5. The number of fused-ring (bicyclic) bond motifs is 1. The standard InChI is InChI=1S/C18H13N/c1-13-8-10-14(11-9-13)17-7-3-5-15-4-2-6-16(12-19)18(15)17/h2-11H,1H3. The fraction of sp³-hybridized carbons (Fsp3) is 0.0556. The summed E-state index contributed by atoms with van der Waals surface area (Å²) in [5, 5.41) is 11.4. The van der Waals surface area contributed by atoms with E-state index in [1.54, 1.807) is 0 Å². The van der Waals surface area contributed by atoms with E-state index in [-0.39, 0.29) is 0 Å². The van der Waals surface area contributed by atoms with Crippen molar-refractivity contribution in [1.29, 1.82) is 5.26 Å². The van der Waals surface area contributed by atoms with Gasteiger partial charge in [-0.15, -0.1) is 0 Å². The van der Waals surface area contributed by atoms with Crippen LogP contribution in [-0.2, 0) is 0 Å². The van der Waals surface area contributed by atoms with Crippen molar-refractivity contribution >= 4 is 10.8 Å². The van der Waals surface area contributed by atoms with Crippen LogP contribution in [0, 0.1) is 18.3 Å². The van der Waals surface area contributed by atoms with Gasteiger partial charge in [-0.05, 0) is 29.5 Å². The Labute approximate surface area is 112 Å². The molecule has 3 aromatic rings. The maximum Gasteiger partial charge on any atom is 0.0998 e. The Morgan fingerprint density at radius 1 is 0.842 bits per heavy atom. The number of nitriles is 1. The average Bonchev–Trinajstić information content (AvgIpc) is 2.47. The Kier molecular flexibility index (Phi) is 2.78. The molecule has 0 amide bonds. The zero-order valence-electron chi connectivity index (χ0n) is 10.7. The lowest BCUT2D eigenvalue weighted by atomic mass is 9.94. The second kappa shape index (κ2) is 4.59. The van der Waals surface area contributed by atoms with Gasteiger partial charge in [0, 0.05) is 5.39 Å². The molecule has 0 fully saturated rings. The van der Waals surface area contributed by atoms with E-state index in [4.69, 9.17) is 0 Å². The summed E-state index contributed by atoms with van der Waals surface area (Å²) < 4.78 is 0. The van der Waals surface area contributed by atoms with E-state index >= 15 is 0 Å². The van der Waals surface area contributed by atoms with Gasteiger partial charge in [0.05, 0.1) is 11.6 Å². The Balaban J connectivity index is 2.35. The molecular formula is C18H13N. The van der Waals surface area contributed by atoms with E-state index in [0.717, 1.165) is 27.5 Å². The molecule has 0 atom stereocenters. The van der Waals surface area contributed by atoms with Crippen LogP contribution in [-0.4, -0.2) is 0 Å². The number of hydrogen-bond acceptors (Lipinski definition) is 1. The van der Waals surface area contributed by atoms with Crippen LogP contribution in [0.4, 0.5) is 0 Å². The van der Waals surface area contributed by atoms with E-state index in [9.17, 15) is 5.26 Å². The van der Waals surface area contributed by atoms with Gasteiger partial charge < -0.3 is 0 Å². The van der Waals surface area contributed by atoms with Gasteiger partial charge >= 0.3 is 0 Å². The van der Waals surface area contributed by atoms with Crippen LogP contribution in [0.25, 0.3) is 21.9 Å². The predicted octanol–water partition coefficient (Wildman–Crippen LogP) is 4.69. The van der Waals surface area contributed by atoms with Gasteiger partial charge in [-0.25, -0.2) is 0 Å². The van der Waals surface area contributed by atoms with Crippen molar-refractivity contribution in [2.24, 2.45) is 0 Å². The van der Waals surface area contributed by atoms with Crippen molar-refractivity contribution in [1.82, 2.24) is 0 Å². The molecule has 3 rings (SSSR count). The Hall–Kier alpha value is -2.59. The lowest BCUT2D eigenvalue weighted by Crippen LogP contribution is -1.85. The summed E-state index contributed by atoms with van der Waals surface area (Å²) in [6, 6.07) is 22.7. The van der Waals surface area contributed by atoms with Crippen LogP contribution in [0.5, 0.6) is 0 Å². The molecule has 0 bridgehead atoms. The lowest BCUT2D eigenvalue weighted by molar-refractivity contribution is 1.47. The second-order valence-electron chi connectivity index (χ2n) is 4.69. The predicted molar refractivity (Wildman–Crippen MR) is 78.8 cm³/mol. The summed E-state index contributed by atoms with van der Waals surface area (Å²) in [4.78, 5) is 0. The summed E-state index contributed by atoms with van der Waals surface area (Å²) in [5.41, 5.74) is 4.24. The topological polar surface area (TPSA) is 23.8 Å². The molecule has 0 N–H and O–H groups in total. The molecule has 0 unspecified atom stereocenters. The van der Waals surface area contributed by atoms with E-state index in [2.05, 4.69) is 43.3 Å². The summed E-state index contributed by atoms with van der Waals surface area (Å²) in [6.45, 7) is 2.08. The smallest absolute Gasteiger partial charge is 0.0998 e. The molecule has 0 heterocycles. The summed E-state index contributed by atoms with van der Waals surface area (Å²) in [6.07, 6.45) is 0. The van der Waals surface area contributed by atoms with E-state index in [1.165, 1.54) is 5.56 Å². The zero-order valence-corrected chi connectivity index (χ0v) is 10.7. The summed E-state index contributed by atoms with van der Waals surface area (Å²) in [7, 11) is 0. The maximum absolute atomic E-state index is 9.30. The van der Waals surface area contributed by atoms with Gasteiger partial charge in [-0.2, -0.15) is 5.26 Å². The van der Waals surface area contributed by atoms with Crippen LogP contribution in [0.3, 0.4) is 0 Å². The fourth-order valence-corrected chi connectivity index (χ4v) is 2.41. The number of nitrogens with zero attached hydrogens (tertiary/aromatic N) is 1. The van der Waals surface area contributed by atoms with Gasteiger partial charge in [0.1, 0.15) is 0 Å². The van der Waals surface area contributed by atoms with Gasteiger partial charge in [-0.1, -0.05) is 60.2 Å². The minimum atomic E-state index is 0.730. The van der Waals surface area contributed by atoms with Crippen LogP contribution in [0.2, 0.25) is 0 Å². The van der Waals surface area contributed by atoms with E-state index in [1.807, 2.05) is 30.3 Å². The third-order valence-corrected chi connectivity index (χ3v) is 3.39. The van der Waals surface area contributed by atoms with Crippen LogP contribution < -0.4 is 0 Å². The maximum atomic E-state index is 9.30. The minimum Gasteiger partial charge on any atom is -0.192 e. The molecule has 0 radical (unpaired) electrons. The molecular weight excluding hydrogens is 230 g/mol. The molecule has 19 heavy (non-hydrogen) atoms. The van der Waals surface area contributed by atoms with Crippen molar-refractivity contribution in [3.63, 3.8) is 0 Å². The molecule has 0 spiro atoms. The van der Waals surface area contributed by atoms with Crippen molar-refractivity contribution in [2.45, 2.75) is 6.92 Å². The quantitative estimate of drug-likeness (QED) is 0.608. The van der Waals surface area contributed by atoms with Crippen LogP contribution >= 0.6 is 0 Å². The van der Waals surface area contributed by atoms with Crippen molar-refractivity contribution < 1.29 is 0 Å². The first-order valence-corrected chi connectivity index (χ1v) is 6.28. The van der Waals surface area contributed by atoms with Gasteiger partial charge in [0.15, 0.2) is 0 Å². The zero-order chi connectivity index (χ0) is 13.2. The highest BCUT2D eigenvalue weighted by atomic mass is 14.2. The Morgan fingerprint density at radius 2 is 1.53 bits per heavy atom. The number of benzene rings is 3. The molecule has 0 aliphatic carbocycles. The molecule has 0 aliphatic heterocycles. The number of rotatable bonds is 1. The number of aryl methyl sites for hydroxylation is 1. The summed E-state index contributed by atoms with van der Waals surface area (Å²) >= 11 is 0. The molecule has 1 nitrogen and oxygen atoms in total. The first-order valence-electron chi connectivity index (χ1n) is 6.28. The molecule has 1 heteroatoms. The Morgan fingerprint density at radius 3 is 2.21 bits per heavy atom. The van der Waals surface area contributed by atoms with E-state index in [0.29, 0.717) is 0 Å². The average molecular weight is 243 g/mol. The largest absolute Gasteiger partial charge is 0.192 e. The van der Waals surface area contributed by atoms with E-state index < -0.39 is 0 Å². The van der Waals surface area contributed by atoms with Crippen molar-refractivity contribution in [2.75, 3.05) is 0 Å². The fourth-order valence-electron chi connectivity index (χ4n) is 2.41. The van der Waals surface area contributed by atoms with Crippen molar-refractivity contribution in [3.05, 3.63) is 71.8 Å². The Bertz CT molecular complexity index is 772. The van der Waals surface area contributed by atoms with Gasteiger partial charge in [0.25, 0.3) is 0 Å². The molecule has 0 aromatic heterocycles. The highest BCUT2D eigenvalue weighted by Crippen LogP contribution is 2.31. The first-order chi connectivity index (χ1) is 9.29. The van der Waals surface area contributed by atoms with Crippen molar-refractivity contribution in [3.8, 4) is 17.2 Å². The van der Waals surface area contributed by atoms with Gasteiger partial charge in [0.2, 0.25) is 0 Å². The minimum absolute atomic E-state index is 0.730. The van der Waals surface area contributed by atoms with Gasteiger partial charge in [-0.3, -0.25) is 0 Å². The highest BCUT2D eigenvalue weighted by Gasteiger charge is 2.07. The lowest BCUT2D eigenvalue weighted by Gasteiger charge is -2.08. The third-order valence-electron chi connectivity index (χ3n) is 3.39. The molecule has 0 aliphatic rings. The monoisotopic (exact) mass is 243 g/mol.